The van der Waals surface area contributed by atoms with Crippen molar-refractivity contribution in [1.82, 2.24) is 0 Å². The molecule has 0 heterocycles. The van der Waals surface area contributed by atoms with Crippen LogP contribution in [0.25, 0.3) is 0 Å². The molecule has 0 saturated heterocycles. The van der Waals surface area contributed by atoms with Gasteiger partial charge in [0.15, 0.2) is 11.5 Å². The monoisotopic (exact) mass is 343 g/mol. The van der Waals surface area contributed by atoms with E-state index in [0.717, 1.165) is 11.3 Å². The maximum Gasteiger partial charge on any atom is 0.161 e. The van der Waals surface area contributed by atoms with Gasteiger partial charge in [-0.15, -0.1) is 0 Å². The van der Waals surface area contributed by atoms with Gasteiger partial charge in [0.1, 0.15) is 19.0 Å². The molecule has 4 nitrogen and oxygen atoms in total. The Balaban J connectivity index is 2.01. The Morgan fingerprint density at radius 1 is 0.880 bits per heavy atom. The molecule has 25 heavy (non-hydrogen) atoms. The van der Waals surface area contributed by atoms with Gasteiger partial charge in [0.25, 0.3) is 0 Å². The lowest BCUT2D eigenvalue weighted by Crippen LogP contribution is -2.16. The molecule has 0 aliphatic rings. The van der Waals surface area contributed by atoms with Crippen LogP contribution in [-0.2, 0) is 12.0 Å². The fourth-order valence-corrected chi connectivity index (χ4v) is 2.62. The van der Waals surface area contributed by atoms with Crippen molar-refractivity contribution in [2.75, 3.05) is 20.3 Å². The lowest BCUT2D eigenvalue weighted by molar-refractivity contribution is 0.208. The molecule has 2 N–H and O–H groups in total. The van der Waals surface area contributed by atoms with E-state index in [0.29, 0.717) is 31.3 Å². The molecular formula is C21H29NO3. The Bertz CT molecular complexity index is 705. The van der Waals surface area contributed by atoms with Crippen molar-refractivity contribution in [1.29, 1.82) is 0 Å². The summed E-state index contributed by atoms with van der Waals surface area (Å²) in [7, 11) is 1.63. The highest BCUT2D eigenvalue weighted by Gasteiger charge is 2.19. The minimum Gasteiger partial charge on any atom is -0.493 e. The molecule has 0 saturated carbocycles. The Morgan fingerprint density at radius 3 is 2.12 bits per heavy atom. The van der Waals surface area contributed by atoms with Gasteiger partial charge in [-0.25, -0.2) is 0 Å². The van der Waals surface area contributed by atoms with Crippen LogP contribution >= 0.6 is 0 Å². The molecule has 0 aromatic heterocycles. The van der Waals surface area contributed by atoms with E-state index in [4.69, 9.17) is 19.9 Å². The molecule has 0 amide bonds. The second-order valence-corrected chi connectivity index (χ2v) is 7.14. The second-order valence-electron chi connectivity index (χ2n) is 7.14. The summed E-state index contributed by atoms with van der Waals surface area (Å²) in [5.41, 5.74) is 9.16. The molecule has 136 valence electrons. The molecule has 0 fully saturated rings. The van der Waals surface area contributed by atoms with Crippen molar-refractivity contribution in [2.45, 2.75) is 39.7 Å². The summed E-state index contributed by atoms with van der Waals surface area (Å²) in [6.07, 6.45) is 0. The number of ether oxygens (including phenoxy) is 3. The van der Waals surface area contributed by atoms with Crippen LogP contribution in [0.2, 0.25) is 0 Å². The predicted octanol–water partition coefficient (Wildman–Crippen LogP) is 4.22. The maximum atomic E-state index is 5.98. The summed E-state index contributed by atoms with van der Waals surface area (Å²) in [5, 5.41) is 0. The molecule has 2 aromatic carbocycles. The Labute approximate surface area is 150 Å². The van der Waals surface area contributed by atoms with E-state index in [2.05, 4.69) is 39.8 Å². The first kappa shape index (κ1) is 19.1. The van der Waals surface area contributed by atoms with Gasteiger partial charge in [-0.2, -0.15) is 0 Å². The summed E-state index contributed by atoms with van der Waals surface area (Å²) >= 11 is 0. The van der Waals surface area contributed by atoms with Crippen LogP contribution in [0.1, 0.15) is 37.5 Å². The maximum absolute atomic E-state index is 5.98. The topological polar surface area (TPSA) is 53.7 Å². The Kier molecular flexibility index (Phi) is 6.32. The van der Waals surface area contributed by atoms with Gasteiger partial charge in [-0.05, 0) is 41.7 Å². The van der Waals surface area contributed by atoms with E-state index < -0.39 is 0 Å². The largest absolute Gasteiger partial charge is 0.493 e. The van der Waals surface area contributed by atoms with E-state index in [1.54, 1.807) is 7.11 Å². The van der Waals surface area contributed by atoms with E-state index in [1.807, 2.05) is 24.3 Å². The molecule has 0 aliphatic heterocycles. The molecule has 0 atom stereocenters. The quantitative estimate of drug-likeness (QED) is 0.765. The molecule has 4 heteroatoms. The standard InChI is InChI=1S/C21H29NO3/c1-15-6-8-18(17(12-15)21(2,3)4)24-10-11-25-20-13-16(14-22)7-9-19(20)23-5/h6-9,12-13H,10-11,14,22H2,1-5H3. The number of hydrogen-bond acceptors (Lipinski definition) is 4. The predicted molar refractivity (Wildman–Crippen MR) is 102 cm³/mol. The average Bonchev–Trinajstić information content (AvgIpc) is 2.58. The zero-order chi connectivity index (χ0) is 18.4. The zero-order valence-corrected chi connectivity index (χ0v) is 15.9. The third-order valence-electron chi connectivity index (χ3n) is 4.01. The minimum atomic E-state index is 0.0287. The molecule has 0 spiro atoms. The molecule has 2 rings (SSSR count). The van der Waals surface area contributed by atoms with Crippen LogP contribution < -0.4 is 19.9 Å². The molecule has 0 unspecified atom stereocenters. The smallest absolute Gasteiger partial charge is 0.161 e. The minimum absolute atomic E-state index is 0.0287. The highest BCUT2D eigenvalue weighted by atomic mass is 16.5. The van der Waals surface area contributed by atoms with Gasteiger partial charge < -0.3 is 19.9 Å². The fraction of sp³-hybridized carbons (Fsp3) is 0.429. The highest BCUT2D eigenvalue weighted by Crippen LogP contribution is 2.32. The Hall–Kier alpha value is -2.20. The first-order valence-corrected chi connectivity index (χ1v) is 8.59. The Morgan fingerprint density at radius 2 is 1.52 bits per heavy atom. The van der Waals surface area contributed by atoms with Crippen molar-refractivity contribution < 1.29 is 14.2 Å². The van der Waals surface area contributed by atoms with Crippen LogP contribution in [0.15, 0.2) is 36.4 Å². The lowest BCUT2D eigenvalue weighted by atomic mass is 9.85. The number of methoxy groups -OCH3 is 1. The summed E-state index contributed by atoms with van der Waals surface area (Å²) in [4.78, 5) is 0. The first-order valence-electron chi connectivity index (χ1n) is 8.59. The molecule has 2 aromatic rings. The first-order chi connectivity index (χ1) is 11.8. The molecule has 0 radical (unpaired) electrons. The molecule has 0 aliphatic carbocycles. The molecule has 0 bridgehead atoms. The van der Waals surface area contributed by atoms with Crippen LogP contribution in [0.5, 0.6) is 17.2 Å². The second kappa shape index (κ2) is 8.26. The van der Waals surface area contributed by atoms with E-state index >= 15 is 0 Å². The van der Waals surface area contributed by atoms with Crippen LogP contribution in [0.4, 0.5) is 0 Å². The zero-order valence-electron chi connectivity index (χ0n) is 15.9. The normalized spacial score (nSPS) is 11.3. The van der Waals surface area contributed by atoms with Gasteiger partial charge in [-0.3, -0.25) is 0 Å². The third kappa shape index (κ3) is 5.13. The summed E-state index contributed by atoms with van der Waals surface area (Å²) in [6.45, 7) is 10.0. The molecular weight excluding hydrogens is 314 g/mol. The van der Waals surface area contributed by atoms with Crippen molar-refractivity contribution in [3.05, 3.63) is 53.1 Å². The van der Waals surface area contributed by atoms with E-state index in [1.165, 1.54) is 11.1 Å². The van der Waals surface area contributed by atoms with E-state index in [9.17, 15) is 0 Å². The van der Waals surface area contributed by atoms with Gasteiger partial charge >= 0.3 is 0 Å². The van der Waals surface area contributed by atoms with Gasteiger partial charge in [-0.1, -0.05) is 44.5 Å². The van der Waals surface area contributed by atoms with Gasteiger partial charge in [0, 0.05) is 6.54 Å². The van der Waals surface area contributed by atoms with Gasteiger partial charge in [0.2, 0.25) is 0 Å². The van der Waals surface area contributed by atoms with E-state index in [-0.39, 0.29) is 5.41 Å². The summed E-state index contributed by atoms with van der Waals surface area (Å²) < 4.78 is 17.1. The van der Waals surface area contributed by atoms with Gasteiger partial charge in [0.05, 0.1) is 7.11 Å². The van der Waals surface area contributed by atoms with Crippen molar-refractivity contribution in [3.8, 4) is 17.2 Å². The van der Waals surface area contributed by atoms with Crippen molar-refractivity contribution in [2.24, 2.45) is 5.73 Å². The number of hydrogen-bond donors (Lipinski definition) is 1. The fourth-order valence-electron chi connectivity index (χ4n) is 2.62. The SMILES string of the molecule is COc1ccc(CN)cc1OCCOc1ccc(C)cc1C(C)(C)C. The van der Waals surface area contributed by atoms with Crippen LogP contribution in [-0.4, -0.2) is 20.3 Å². The van der Waals surface area contributed by atoms with Crippen LogP contribution in [0.3, 0.4) is 0 Å². The summed E-state index contributed by atoms with van der Waals surface area (Å²) in [6, 6.07) is 12.0. The summed E-state index contributed by atoms with van der Waals surface area (Å²) in [5.74, 6) is 2.29. The van der Waals surface area contributed by atoms with Crippen molar-refractivity contribution in [3.63, 3.8) is 0 Å². The average molecular weight is 343 g/mol. The lowest BCUT2D eigenvalue weighted by Gasteiger charge is -2.23. The highest BCUT2D eigenvalue weighted by molar-refractivity contribution is 5.43. The van der Waals surface area contributed by atoms with Crippen molar-refractivity contribution >= 4 is 0 Å². The number of benzene rings is 2. The van der Waals surface area contributed by atoms with Crippen LogP contribution in [0, 0.1) is 6.92 Å². The number of aryl methyl sites for hydroxylation is 1. The number of nitrogens with two attached hydrogens (primary N) is 1. The third-order valence-corrected chi connectivity index (χ3v) is 4.01. The number of rotatable bonds is 7.